The van der Waals surface area contributed by atoms with Crippen molar-refractivity contribution in [3.05, 3.63) is 60.2 Å². The Kier molecular flexibility index (Phi) is 5.05. The van der Waals surface area contributed by atoms with Gasteiger partial charge in [-0.3, -0.25) is 0 Å². The summed E-state index contributed by atoms with van der Waals surface area (Å²) in [6, 6.07) is 19.4. The van der Waals surface area contributed by atoms with Crippen LogP contribution in [0.4, 0.5) is 5.69 Å². The van der Waals surface area contributed by atoms with E-state index in [9.17, 15) is 0 Å². The van der Waals surface area contributed by atoms with Gasteiger partial charge in [0.15, 0.2) is 0 Å². The van der Waals surface area contributed by atoms with Gasteiger partial charge in [-0.25, -0.2) is 0 Å². The molecule has 0 N–H and O–H groups in total. The molecule has 0 amide bonds. The van der Waals surface area contributed by atoms with E-state index >= 15 is 0 Å². The Morgan fingerprint density at radius 3 is 2.20 bits per heavy atom. The van der Waals surface area contributed by atoms with Crippen molar-refractivity contribution in [1.29, 1.82) is 0 Å². The molecule has 0 bridgehead atoms. The minimum atomic E-state index is 0.468. The highest BCUT2D eigenvalue weighted by Crippen LogP contribution is 2.19. The average molecular weight is 269 g/mol. The molecule has 0 aliphatic heterocycles. The molecule has 20 heavy (non-hydrogen) atoms. The van der Waals surface area contributed by atoms with Crippen LogP contribution in [0.2, 0.25) is 0 Å². The fraction of sp³-hybridized carbons (Fsp3) is 0.333. The van der Waals surface area contributed by atoms with Gasteiger partial charge in [0.25, 0.3) is 0 Å². The maximum Gasteiger partial charge on any atom is 0.118 e. The van der Waals surface area contributed by atoms with E-state index in [4.69, 9.17) is 4.74 Å². The van der Waals surface area contributed by atoms with Crippen molar-refractivity contribution in [3.63, 3.8) is 0 Å². The summed E-state index contributed by atoms with van der Waals surface area (Å²) < 4.78 is 5.20. The fourth-order valence-electron chi connectivity index (χ4n) is 2.58. The highest BCUT2D eigenvalue weighted by molar-refractivity contribution is 5.47. The summed E-state index contributed by atoms with van der Waals surface area (Å²) in [5.41, 5.74) is 2.63. The molecule has 0 aliphatic carbocycles. The molecule has 1 unspecified atom stereocenters. The van der Waals surface area contributed by atoms with Crippen molar-refractivity contribution >= 4 is 5.69 Å². The van der Waals surface area contributed by atoms with Crippen molar-refractivity contribution in [3.8, 4) is 5.75 Å². The lowest BCUT2D eigenvalue weighted by atomic mass is 10.0. The molecule has 2 aromatic rings. The van der Waals surface area contributed by atoms with E-state index in [1.54, 1.807) is 7.11 Å². The highest BCUT2D eigenvalue weighted by atomic mass is 16.5. The van der Waals surface area contributed by atoms with Crippen molar-refractivity contribution < 1.29 is 4.74 Å². The number of hydrogen-bond acceptors (Lipinski definition) is 2. The first kappa shape index (κ1) is 14.4. The zero-order valence-electron chi connectivity index (χ0n) is 12.5. The third-order valence-electron chi connectivity index (χ3n) is 3.65. The maximum absolute atomic E-state index is 5.20. The van der Waals surface area contributed by atoms with Gasteiger partial charge in [-0.2, -0.15) is 0 Å². The zero-order chi connectivity index (χ0) is 14.4. The van der Waals surface area contributed by atoms with Crippen LogP contribution in [0.15, 0.2) is 54.6 Å². The Bertz CT molecular complexity index is 507. The van der Waals surface area contributed by atoms with Gasteiger partial charge in [0.1, 0.15) is 5.75 Å². The lowest BCUT2D eigenvalue weighted by Crippen LogP contribution is -2.34. The number of nitrogens with zero attached hydrogens (tertiary/aromatic N) is 1. The number of para-hydroxylation sites is 1. The first-order valence-corrected chi connectivity index (χ1v) is 7.19. The zero-order valence-corrected chi connectivity index (χ0v) is 12.5. The Hall–Kier alpha value is -1.96. The molecule has 2 rings (SSSR count). The summed E-state index contributed by atoms with van der Waals surface area (Å²) in [5, 5.41) is 0. The number of benzene rings is 2. The SMILES string of the molecule is CCN(c1ccccc1)C(C)Cc1ccc(OC)cc1. The molecule has 0 saturated carbocycles. The van der Waals surface area contributed by atoms with Crippen molar-refractivity contribution in [2.24, 2.45) is 0 Å². The lowest BCUT2D eigenvalue weighted by molar-refractivity contribution is 0.414. The molecule has 106 valence electrons. The number of hydrogen-bond donors (Lipinski definition) is 0. The molecule has 2 heteroatoms. The van der Waals surface area contributed by atoms with E-state index in [-0.39, 0.29) is 0 Å². The van der Waals surface area contributed by atoms with Gasteiger partial charge in [0.05, 0.1) is 7.11 Å². The Labute approximate surface area is 122 Å². The van der Waals surface area contributed by atoms with Crippen LogP contribution in [0.25, 0.3) is 0 Å². The van der Waals surface area contributed by atoms with E-state index in [0.717, 1.165) is 18.7 Å². The van der Waals surface area contributed by atoms with Crippen LogP contribution >= 0.6 is 0 Å². The molecule has 0 aliphatic rings. The smallest absolute Gasteiger partial charge is 0.118 e. The first-order valence-electron chi connectivity index (χ1n) is 7.19. The van der Waals surface area contributed by atoms with E-state index in [1.807, 2.05) is 12.1 Å². The molecular formula is C18H23NO. The molecule has 1 atom stereocenters. The van der Waals surface area contributed by atoms with Gasteiger partial charge < -0.3 is 9.64 Å². The number of methoxy groups -OCH3 is 1. The van der Waals surface area contributed by atoms with Crippen LogP contribution in [0.5, 0.6) is 5.75 Å². The minimum absolute atomic E-state index is 0.468. The normalized spacial score (nSPS) is 11.9. The summed E-state index contributed by atoms with van der Waals surface area (Å²) in [6.07, 6.45) is 1.03. The minimum Gasteiger partial charge on any atom is -0.497 e. The molecule has 0 heterocycles. The predicted molar refractivity (Wildman–Crippen MR) is 85.6 cm³/mol. The Morgan fingerprint density at radius 2 is 1.65 bits per heavy atom. The number of rotatable bonds is 6. The second-order valence-electron chi connectivity index (χ2n) is 5.02. The van der Waals surface area contributed by atoms with E-state index in [2.05, 4.69) is 61.2 Å². The maximum atomic E-state index is 5.20. The molecule has 0 spiro atoms. The third-order valence-corrected chi connectivity index (χ3v) is 3.65. The molecule has 2 nitrogen and oxygen atoms in total. The van der Waals surface area contributed by atoms with Gasteiger partial charge >= 0.3 is 0 Å². The number of ether oxygens (including phenoxy) is 1. The van der Waals surface area contributed by atoms with Crippen LogP contribution in [0, 0.1) is 0 Å². The number of anilines is 1. The Balaban J connectivity index is 2.07. The van der Waals surface area contributed by atoms with Gasteiger partial charge in [-0.15, -0.1) is 0 Å². The van der Waals surface area contributed by atoms with Crippen molar-refractivity contribution in [2.45, 2.75) is 26.3 Å². The average Bonchev–Trinajstić information content (AvgIpc) is 2.50. The highest BCUT2D eigenvalue weighted by Gasteiger charge is 2.13. The van der Waals surface area contributed by atoms with E-state index in [0.29, 0.717) is 6.04 Å². The van der Waals surface area contributed by atoms with Gasteiger partial charge in [0, 0.05) is 18.3 Å². The van der Waals surface area contributed by atoms with Gasteiger partial charge in [-0.1, -0.05) is 30.3 Å². The molecular weight excluding hydrogens is 246 g/mol. The lowest BCUT2D eigenvalue weighted by Gasteiger charge is -2.30. The van der Waals surface area contributed by atoms with Gasteiger partial charge in [0.2, 0.25) is 0 Å². The topological polar surface area (TPSA) is 12.5 Å². The predicted octanol–water partition coefficient (Wildman–Crippen LogP) is 4.15. The third kappa shape index (κ3) is 3.53. The summed E-state index contributed by atoms with van der Waals surface area (Å²) in [6.45, 7) is 5.50. The van der Waals surface area contributed by atoms with Crippen LogP contribution in [-0.2, 0) is 6.42 Å². The Morgan fingerprint density at radius 1 is 1.00 bits per heavy atom. The molecule has 0 radical (unpaired) electrons. The van der Waals surface area contributed by atoms with E-state index < -0.39 is 0 Å². The molecule has 0 saturated heterocycles. The van der Waals surface area contributed by atoms with Crippen LogP contribution in [-0.4, -0.2) is 19.7 Å². The second kappa shape index (κ2) is 6.99. The van der Waals surface area contributed by atoms with Crippen LogP contribution in [0.1, 0.15) is 19.4 Å². The largest absolute Gasteiger partial charge is 0.497 e. The summed E-state index contributed by atoms with van der Waals surface area (Å²) in [4.78, 5) is 2.43. The summed E-state index contributed by atoms with van der Waals surface area (Å²) in [7, 11) is 1.70. The quantitative estimate of drug-likeness (QED) is 0.781. The first-order chi connectivity index (χ1) is 9.74. The monoisotopic (exact) mass is 269 g/mol. The van der Waals surface area contributed by atoms with Crippen LogP contribution < -0.4 is 9.64 Å². The van der Waals surface area contributed by atoms with Crippen molar-refractivity contribution in [2.75, 3.05) is 18.6 Å². The second-order valence-corrected chi connectivity index (χ2v) is 5.02. The van der Waals surface area contributed by atoms with Crippen molar-refractivity contribution in [1.82, 2.24) is 0 Å². The molecule has 0 fully saturated rings. The number of likely N-dealkylation sites (N-methyl/N-ethyl adjacent to an activating group) is 1. The molecule has 0 aromatic heterocycles. The van der Waals surface area contributed by atoms with E-state index in [1.165, 1.54) is 11.3 Å². The fourth-order valence-corrected chi connectivity index (χ4v) is 2.58. The summed E-state index contributed by atoms with van der Waals surface area (Å²) >= 11 is 0. The molecule has 2 aromatic carbocycles. The standard InChI is InChI=1S/C18H23NO/c1-4-19(17-8-6-5-7-9-17)15(2)14-16-10-12-18(20-3)13-11-16/h5-13,15H,4,14H2,1-3H3. The van der Waals surface area contributed by atoms with Crippen LogP contribution in [0.3, 0.4) is 0 Å². The summed E-state index contributed by atoms with van der Waals surface area (Å²) in [5.74, 6) is 0.914. The van der Waals surface area contributed by atoms with Gasteiger partial charge in [-0.05, 0) is 50.1 Å².